The Morgan fingerprint density at radius 3 is 2.05 bits per heavy atom. The predicted molar refractivity (Wildman–Crippen MR) is 153 cm³/mol. The Balaban J connectivity index is 1.90. The van der Waals surface area contributed by atoms with Crippen LogP contribution in [0, 0.1) is 0 Å². The Kier molecular flexibility index (Phi) is 9.93. The van der Waals surface area contributed by atoms with Gasteiger partial charge >= 0.3 is 0 Å². The summed E-state index contributed by atoms with van der Waals surface area (Å²) in [6.07, 6.45) is 0.397. The van der Waals surface area contributed by atoms with E-state index in [-0.39, 0.29) is 18.4 Å². The van der Waals surface area contributed by atoms with Crippen molar-refractivity contribution in [1.82, 2.24) is 10.2 Å². The summed E-state index contributed by atoms with van der Waals surface area (Å²) in [5.41, 5.74) is 2.67. The number of amides is 2. The van der Waals surface area contributed by atoms with Gasteiger partial charge in [0.25, 0.3) is 5.91 Å². The van der Waals surface area contributed by atoms with E-state index in [0.717, 1.165) is 15.6 Å². The van der Waals surface area contributed by atoms with Gasteiger partial charge in [-0.1, -0.05) is 80.6 Å². The van der Waals surface area contributed by atoms with Gasteiger partial charge < -0.3 is 15.0 Å². The van der Waals surface area contributed by atoms with Crippen LogP contribution in [0.4, 0.5) is 0 Å². The van der Waals surface area contributed by atoms with Crippen molar-refractivity contribution in [1.29, 1.82) is 0 Å². The van der Waals surface area contributed by atoms with Crippen LogP contribution in [-0.2, 0) is 22.6 Å². The van der Waals surface area contributed by atoms with Gasteiger partial charge in [0.1, 0.15) is 11.8 Å². The smallest absolute Gasteiger partial charge is 0.261 e. The quantitative estimate of drug-likeness (QED) is 0.305. The highest BCUT2D eigenvalue weighted by molar-refractivity contribution is 9.10. The van der Waals surface area contributed by atoms with Crippen molar-refractivity contribution in [2.75, 3.05) is 6.61 Å². The van der Waals surface area contributed by atoms with E-state index in [1.165, 1.54) is 5.56 Å². The molecule has 1 atom stereocenters. The molecule has 3 aromatic carbocycles. The molecule has 0 bridgehead atoms. The minimum absolute atomic E-state index is 0.180. The van der Waals surface area contributed by atoms with Crippen LogP contribution in [0.15, 0.2) is 83.3 Å². The third-order valence-electron chi connectivity index (χ3n) is 5.94. The molecule has 37 heavy (non-hydrogen) atoms. The molecule has 5 nitrogen and oxygen atoms in total. The highest BCUT2D eigenvalue weighted by atomic mass is 79.9. The summed E-state index contributed by atoms with van der Waals surface area (Å²) in [5.74, 6) is 0.529. The fourth-order valence-corrected chi connectivity index (χ4v) is 4.51. The van der Waals surface area contributed by atoms with E-state index in [1.54, 1.807) is 4.90 Å². The Bertz CT molecular complexity index is 1170. The first-order chi connectivity index (χ1) is 17.5. The van der Waals surface area contributed by atoms with Crippen LogP contribution in [0.25, 0.3) is 0 Å². The molecule has 0 fully saturated rings. The molecule has 3 aromatic rings. The van der Waals surface area contributed by atoms with Gasteiger partial charge in [-0.15, -0.1) is 0 Å². The van der Waals surface area contributed by atoms with E-state index in [4.69, 9.17) is 4.74 Å². The number of rotatable bonds is 10. The van der Waals surface area contributed by atoms with Gasteiger partial charge in [0.2, 0.25) is 5.91 Å². The molecular formula is C31H37BrN2O3. The number of hydrogen-bond donors (Lipinski definition) is 1. The summed E-state index contributed by atoms with van der Waals surface area (Å²) >= 11 is 3.57. The van der Waals surface area contributed by atoms with Gasteiger partial charge in [-0.25, -0.2) is 0 Å². The molecule has 0 saturated heterocycles. The van der Waals surface area contributed by atoms with Crippen LogP contribution in [0.5, 0.6) is 5.75 Å². The van der Waals surface area contributed by atoms with Gasteiger partial charge in [-0.3, -0.25) is 9.59 Å². The first-order valence-corrected chi connectivity index (χ1v) is 13.4. The topological polar surface area (TPSA) is 58.6 Å². The Hall–Kier alpha value is -3.12. The molecule has 1 unspecified atom stereocenters. The van der Waals surface area contributed by atoms with Crippen molar-refractivity contribution < 1.29 is 14.3 Å². The summed E-state index contributed by atoms with van der Waals surface area (Å²) in [4.78, 5) is 28.9. The van der Waals surface area contributed by atoms with Gasteiger partial charge in [0.15, 0.2) is 6.61 Å². The summed E-state index contributed by atoms with van der Waals surface area (Å²) in [5, 5.41) is 3.08. The van der Waals surface area contributed by atoms with Crippen molar-refractivity contribution in [3.63, 3.8) is 0 Å². The molecule has 6 heteroatoms. The summed E-state index contributed by atoms with van der Waals surface area (Å²) in [6.45, 7) is 10.2. The number of benzene rings is 3. The van der Waals surface area contributed by atoms with E-state index in [1.807, 2.05) is 99.6 Å². The summed E-state index contributed by atoms with van der Waals surface area (Å²) < 4.78 is 6.76. The summed E-state index contributed by atoms with van der Waals surface area (Å²) in [7, 11) is 0. The molecule has 0 radical (unpaired) electrons. The normalized spacial score (nSPS) is 12.2. The Morgan fingerprint density at radius 2 is 1.51 bits per heavy atom. The van der Waals surface area contributed by atoms with E-state index >= 15 is 0 Å². The van der Waals surface area contributed by atoms with Crippen molar-refractivity contribution in [3.8, 4) is 5.75 Å². The highest BCUT2D eigenvalue weighted by Gasteiger charge is 2.32. The largest absolute Gasteiger partial charge is 0.483 e. The third kappa shape index (κ3) is 8.74. The van der Waals surface area contributed by atoms with Gasteiger partial charge in [0.05, 0.1) is 4.47 Å². The van der Waals surface area contributed by atoms with Crippen LogP contribution in [0.3, 0.4) is 0 Å². The zero-order chi connectivity index (χ0) is 27.0. The molecule has 196 valence electrons. The minimum Gasteiger partial charge on any atom is -0.483 e. The number of carbonyl (C=O) groups excluding carboxylic acids is 2. The molecule has 0 heterocycles. The third-order valence-corrected chi connectivity index (χ3v) is 6.56. The maximum atomic E-state index is 13.7. The Morgan fingerprint density at radius 1 is 0.919 bits per heavy atom. The number of carbonyl (C=O) groups is 2. The zero-order valence-electron chi connectivity index (χ0n) is 22.3. The standard InChI is InChI=1S/C31H37BrN2O3/c1-22(2)25-16-17-28(26(32)19-25)37-21-29(35)34(20-24-14-10-7-11-15-24)27(30(36)33-31(3,4)5)18-23-12-8-6-9-13-23/h6-17,19,22,27H,18,20-21H2,1-5H3,(H,33,36). The average molecular weight is 566 g/mol. The molecule has 0 aliphatic carbocycles. The number of nitrogens with one attached hydrogen (secondary N) is 1. The fourth-order valence-electron chi connectivity index (χ4n) is 4.00. The van der Waals surface area contributed by atoms with E-state index in [9.17, 15) is 9.59 Å². The van der Waals surface area contributed by atoms with Crippen molar-refractivity contribution >= 4 is 27.7 Å². The molecule has 0 spiro atoms. The fraction of sp³-hybridized carbons (Fsp3) is 0.355. The maximum Gasteiger partial charge on any atom is 0.261 e. The number of nitrogens with zero attached hydrogens (tertiary/aromatic N) is 1. The molecule has 1 N–H and O–H groups in total. The number of ether oxygens (including phenoxy) is 1. The first-order valence-electron chi connectivity index (χ1n) is 12.6. The Labute approximate surface area is 229 Å². The lowest BCUT2D eigenvalue weighted by Gasteiger charge is -2.33. The average Bonchev–Trinajstić information content (AvgIpc) is 2.85. The maximum absolute atomic E-state index is 13.7. The van der Waals surface area contributed by atoms with Crippen LogP contribution < -0.4 is 10.1 Å². The lowest BCUT2D eigenvalue weighted by molar-refractivity contribution is -0.143. The first kappa shape index (κ1) is 28.5. The van der Waals surface area contributed by atoms with Crippen LogP contribution in [-0.4, -0.2) is 34.9 Å². The monoisotopic (exact) mass is 564 g/mol. The van der Waals surface area contributed by atoms with Crippen molar-refractivity contribution in [2.45, 2.75) is 65.1 Å². The molecule has 0 aromatic heterocycles. The van der Waals surface area contributed by atoms with Crippen LogP contribution in [0.2, 0.25) is 0 Å². The van der Waals surface area contributed by atoms with Crippen molar-refractivity contribution in [2.24, 2.45) is 0 Å². The van der Waals surface area contributed by atoms with E-state index in [2.05, 4.69) is 35.1 Å². The van der Waals surface area contributed by atoms with E-state index < -0.39 is 11.6 Å². The van der Waals surface area contributed by atoms with Crippen molar-refractivity contribution in [3.05, 3.63) is 100 Å². The summed E-state index contributed by atoms with van der Waals surface area (Å²) in [6, 6.07) is 24.7. The molecule has 0 saturated carbocycles. The van der Waals surface area contributed by atoms with Gasteiger partial charge in [-0.2, -0.15) is 0 Å². The second kappa shape index (κ2) is 12.9. The zero-order valence-corrected chi connectivity index (χ0v) is 23.9. The minimum atomic E-state index is -0.704. The number of halogens is 1. The molecular weight excluding hydrogens is 528 g/mol. The van der Waals surface area contributed by atoms with Crippen LogP contribution >= 0.6 is 15.9 Å². The molecule has 0 aliphatic rings. The molecule has 0 aliphatic heterocycles. The molecule has 3 rings (SSSR count). The number of hydrogen-bond acceptors (Lipinski definition) is 3. The van der Waals surface area contributed by atoms with Gasteiger partial charge in [0, 0.05) is 18.5 Å². The predicted octanol–water partition coefficient (Wildman–Crippen LogP) is 6.51. The lowest BCUT2D eigenvalue weighted by Crippen LogP contribution is -2.55. The lowest BCUT2D eigenvalue weighted by atomic mass is 10.0. The van der Waals surface area contributed by atoms with Crippen LogP contribution in [0.1, 0.15) is 57.2 Å². The molecule has 2 amide bonds. The van der Waals surface area contributed by atoms with Gasteiger partial charge in [-0.05, 0) is 71.4 Å². The second-order valence-electron chi connectivity index (χ2n) is 10.6. The second-order valence-corrected chi connectivity index (χ2v) is 11.4. The van der Waals surface area contributed by atoms with E-state index in [0.29, 0.717) is 24.6 Å². The highest BCUT2D eigenvalue weighted by Crippen LogP contribution is 2.29. The SMILES string of the molecule is CC(C)c1ccc(OCC(=O)N(Cc2ccccc2)C(Cc2ccccc2)C(=O)NC(C)(C)C)c(Br)c1.